The molecule has 2 atom stereocenters. The molecule has 0 aliphatic carbocycles. The minimum atomic E-state index is -0.613. The lowest BCUT2D eigenvalue weighted by Gasteiger charge is -2.15. The van der Waals surface area contributed by atoms with Crippen molar-refractivity contribution in [2.75, 3.05) is 0 Å². The van der Waals surface area contributed by atoms with Gasteiger partial charge >= 0.3 is 0 Å². The van der Waals surface area contributed by atoms with Crippen molar-refractivity contribution < 1.29 is 4.79 Å². The lowest BCUT2D eigenvalue weighted by atomic mass is 10.1. The van der Waals surface area contributed by atoms with E-state index in [0.717, 1.165) is 10.0 Å². The van der Waals surface area contributed by atoms with Crippen LogP contribution in [0.3, 0.4) is 0 Å². The van der Waals surface area contributed by atoms with Crippen LogP contribution in [0.2, 0.25) is 0 Å². The Morgan fingerprint density at radius 3 is 2.44 bits per heavy atom. The van der Waals surface area contributed by atoms with Crippen LogP contribution in [0.4, 0.5) is 0 Å². The van der Waals surface area contributed by atoms with Gasteiger partial charge in [-0.25, -0.2) is 0 Å². The van der Waals surface area contributed by atoms with Crippen LogP contribution in [0, 0.1) is 17.2 Å². The van der Waals surface area contributed by atoms with Gasteiger partial charge in [0.05, 0.1) is 12.1 Å². The standard InChI is InChI=1S/C12H13BrN2O/c1-8(7-14)12(16)15-9(2)10-3-5-11(13)6-4-10/h3-6,8-9H,1-2H3,(H,15,16)/t8?,9-/m0/s1. The van der Waals surface area contributed by atoms with Crippen molar-refractivity contribution >= 4 is 21.8 Å². The fourth-order valence-electron chi connectivity index (χ4n) is 1.23. The van der Waals surface area contributed by atoms with Gasteiger partial charge in [-0.05, 0) is 31.5 Å². The summed E-state index contributed by atoms with van der Waals surface area (Å²) in [5.41, 5.74) is 1.02. The van der Waals surface area contributed by atoms with Gasteiger partial charge in [0.1, 0.15) is 5.92 Å². The summed E-state index contributed by atoms with van der Waals surface area (Å²) >= 11 is 3.35. The van der Waals surface area contributed by atoms with E-state index in [1.54, 1.807) is 6.92 Å². The van der Waals surface area contributed by atoms with Gasteiger partial charge in [-0.3, -0.25) is 4.79 Å². The summed E-state index contributed by atoms with van der Waals surface area (Å²) < 4.78 is 1.00. The third kappa shape index (κ3) is 3.35. The molecule has 16 heavy (non-hydrogen) atoms. The van der Waals surface area contributed by atoms with Gasteiger partial charge in [-0.1, -0.05) is 28.1 Å². The molecule has 0 aromatic heterocycles. The Morgan fingerprint density at radius 1 is 1.38 bits per heavy atom. The van der Waals surface area contributed by atoms with E-state index in [2.05, 4.69) is 21.2 Å². The van der Waals surface area contributed by atoms with Crippen LogP contribution in [0.5, 0.6) is 0 Å². The van der Waals surface area contributed by atoms with Crippen LogP contribution in [0.15, 0.2) is 28.7 Å². The first-order valence-electron chi connectivity index (χ1n) is 5.00. The quantitative estimate of drug-likeness (QED) is 0.926. The minimum absolute atomic E-state index is 0.0867. The third-order valence-corrected chi connectivity index (χ3v) is 2.84. The average Bonchev–Trinajstić information content (AvgIpc) is 2.28. The van der Waals surface area contributed by atoms with Gasteiger partial charge in [0.2, 0.25) is 5.91 Å². The normalized spacial score (nSPS) is 13.6. The molecule has 1 unspecified atom stereocenters. The Hall–Kier alpha value is -1.34. The maximum atomic E-state index is 11.5. The molecular formula is C12H13BrN2O. The van der Waals surface area contributed by atoms with Gasteiger partial charge < -0.3 is 5.32 Å². The second-order valence-electron chi connectivity index (χ2n) is 3.63. The van der Waals surface area contributed by atoms with Gasteiger partial charge in [-0.15, -0.1) is 0 Å². The zero-order valence-electron chi connectivity index (χ0n) is 9.20. The molecule has 1 amide bonds. The van der Waals surface area contributed by atoms with Gasteiger partial charge in [0, 0.05) is 4.47 Å². The highest BCUT2D eigenvalue weighted by Gasteiger charge is 2.14. The van der Waals surface area contributed by atoms with Crippen LogP contribution in [-0.4, -0.2) is 5.91 Å². The molecule has 1 aromatic rings. The number of hydrogen-bond acceptors (Lipinski definition) is 2. The van der Waals surface area contributed by atoms with E-state index in [1.165, 1.54) is 0 Å². The molecule has 0 saturated carbocycles. The number of benzene rings is 1. The number of nitrogens with zero attached hydrogens (tertiary/aromatic N) is 1. The molecule has 1 aromatic carbocycles. The van der Waals surface area contributed by atoms with Gasteiger partial charge in [-0.2, -0.15) is 5.26 Å². The summed E-state index contributed by atoms with van der Waals surface area (Å²) in [6.07, 6.45) is 0. The summed E-state index contributed by atoms with van der Waals surface area (Å²) in [7, 11) is 0. The average molecular weight is 281 g/mol. The highest BCUT2D eigenvalue weighted by atomic mass is 79.9. The molecule has 0 radical (unpaired) electrons. The van der Waals surface area contributed by atoms with Gasteiger partial charge in [0.15, 0.2) is 0 Å². The van der Waals surface area contributed by atoms with E-state index in [4.69, 9.17) is 5.26 Å². The number of rotatable bonds is 3. The largest absolute Gasteiger partial charge is 0.348 e. The van der Waals surface area contributed by atoms with Crippen LogP contribution >= 0.6 is 15.9 Å². The smallest absolute Gasteiger partial charge is 0.237 e. The Bertz CT molecular complexity index is 408. The molecule has 0 heterocycles. The highest BCUT2D eigenvalue weighted by molar-refractivity contribution is 9.10. The number of carbonyl (C=O) groups is 1. The molecule has 1 N–H and O–H groups in total. The number of nitrogens with one attached hydrogen (secondary N) is 1. The molecule has 0 saturated heterocycles. The maximum Gasteiger partial charge on any atom is 0.237 e. The molecule has 0 bridgehead atoms. The molecule has 0 spiro atoms. The molecule has 4 heteroatoms. The van der Waals surface area contributed by atoms with Crippen molar-refractivity contribution in [1.82, 2.24) is 5.32 Å². The van der Waals surface area contributed by atoms with Gasteiger partial charge in [0.25, 0.3) is 0 Å². The summed E-state index contributed by atoms with van der Waals surface area (Å²) in [6.45, 7) is 3.48. The van der Waals surface area contributed by atoms with E-state index in [0.29, 0.717) is 0 Å². The zero-order chi connectivity index (χ0) is 12.1. The number of amides is 1. The number of halogens is 1. The van der Waals surface area contributed by atoms with Crippen molar-refractivity contribution in [2.45, 2.75) is 19.9 Å². The topological polar surface area (TPSA) is 52.9 Å². The molecule has 3 nitrogen and oxygen atoms in total. The highest BCUT2D eigenvalue weighted by Crippen LogP contribution is 2.16. The number of nitriles is 1. The monoisotopic (exact) mass is 280 g/mol. The van der Waals surface area contributed by atoms with Crippen molar-refractivity contribution in [2.24, 2.45) is 5.92 Å². The fraction of sp³-hybridized carbons (Fsp3) is 0.333. The minimum Gasteiger partial charge on any atom is -0.348 e. The maximum absolute atomic E-state index is 11.5. The number of hydrogen-bond donors (Lipinski definition) is 1. The van der Waals surface area contributed by atoms with Crippen LogP contribution in [0.1, 0.15) is 25.5 Å². The summed E-state index contributed by atoms with van der Waals surface area (Å²) in [5, 5.41) is 11.4. The Kier molecular flexibility index (Phi) is 4.51. The summed E-state index contributed by atoms with van der Waals surface area (Å²) in [4.78, 5) is 11.5. The van der Waals surface area contributed by atoms with E-state index in [9.17, 15) is 4.79 Å². The van der Waals surface area contributed by atoms with E-state index in [-0.39, 0.29) is 11.9 Å². The first-order valence-corrected chi connectivity index (χ1v) is 5.79. The second-order valence-corrected chi connectivity index (χ2v) is 4.55. The summed E-state index contributed by atoms with van der Waals surface area (Å²) in [6, 6.07) is 9.54. The first-order chi connectivity index (χ1) is 7.54. The van der Waals surface area contributed by atoms with E-state index >= 15 is 0 Å². The third-order valence-electron chi connectivity index (χ3n) is 2.32. The Balaban J connectivity index is 2.66. The second kappa shape index (κ2) is 5.66. The lowest BCUT2D eigenvalue weighted by molar-refractivity contribution is -0.123. The Morgan fingerprint density at radius 2 is 1.94 bits per heavy atom. The van der Waals surface area contributed by atoms with Crippen molar-refractivity contribution in [3.05, 3.63) is 34.3 Å². The van der Waals surface area contributed by atoms with Crippen LogP contribution in [-0.2, 0) is 4.79 Å². The predicted molar refractivity (Wildman–Crippen MR) is 65.5 cm³/mol. The Labute approximate surface area is 104 Å². The predicted octanol–water partition coefficient (Wildman–Crippen LogP) is 2.79. The molecule has 0 aliphatic heterocycles. The molecule has 0 aliphatic rings. The first kappa shape index (κ1) is 12.7. The van der Waals surface area contributed by atoms with Crippen LogP contribution < -0.4 is 5.32 Å². The van der Waals surface area contributed by atoms with Crippen molar-refractivity contribution in [3.63, 3.8) is 0 Å². The van der Waals surface area contributed by atoms with Crippen molar-refractivity contribution in [1.29, 1.82) is 5.26 Å². The van der Waals surface area contributed by atoms with Crippen LogP contribution in [0.25, 0.3) is 0 Å². The molecular weight excluding hydrogens is 268 g/mol. The molecule has 1 rings (SSSR count). The SMILES string of the molecule is CC(C#N)C(=O)N[C@@H](C)c1ccc(Br)cc1. The molecule has 0 fully saturated rings. The van der Waals surface area contributed by atoms with E-state index in [1.807, 2.05) is 37.3 Å². The number of carbonyl (C=O) groups excluding carboxylic acids is 1. The molecule has 84 valence electrons. The lowest BCUT2D eigenvalue weighted by Crippen LogP contribution is -2.30. The summed E-state index contributed by atoms with van der Waals surface area (Å²) in [5.74, 6) is -0.851. The zero-order valence-corrected chi connectivity index (χ0v) is 10.8. The van der Waals surface area contributed by atoms with Crippen molar-refractivity contribution in [3.8, 4) is 6.07 Å². The van der Waals surface area contributed by atoms with E-state index < -0.39 is 5.92 Å². The fourth-order valence-corrected chi connectivity index (χ4v) is 1.50.